The van der Waals surface area contributed by atoms with Crippen LogP contribution in [0.25, 0.3) is 0 Å². The largest absolute Gasteiger partial charge is 0.493 e. The van der Waals surface area contributed by atoms with Gasteiger partial charge in [0.15, 0.2) is 17.3 Å². The monoisotopic (exact) mass is 277 g/mol. The zero-order valence-electron chi connectivity index (χ0n) is 11.4. The summed E-state index contributed by atoms with van der Waals surface area (Å²) in [6.45, 7) is 1.73. The summed E-state index contributed by atoms with van der Waals surface area (Å²) in [5.41, 5.74) is 6.39. The molecule has 7 heteroatoms. The van der Waals surface area contributed by atoms with Crippen LogP contribution in [-0.2, 0) is 0 Å². The van der Waals surface area contributed by atoms with Gasteiger partial charge in [-0.1, -0.05) is 5.16 Å². The minimum atomic E-state index is -0.406. The van der Waals surface area contributed by atoms with Gasteiger partial charge in [-0.25, -0.2) is 0 Å². The smallest absolute Gasteiger partial charge is 0.259 e. The van der Waals surface area contributed by atoms with Crippen LogP contribution >= 0.6 is 0 Å². The summed E-state index contributed by atoms with van der Waals surface area (Å²) in [5, 5.41) is 6.27. The van der Waals surface area contributed by atoms with Gasteiger partial charge in [0.25, 0.3) is 5.91 Å². The third kappa shape index (κ3) is 2.66. The maximum Gasteiger partial charge on any atom is 0.259 e. The number of nitrogens with zero attached hydrogens (tertiary/aromatic N) is 1. The number of aromatic nitrogens is 1. The minimum absolute atomic E-state index is 0.267. The highest BCUT2D eigenvalue weighted by atomic mass is 16.5. The van der Waals surface area contributed by atoms with Gasteiger partial charge in [-0.3, -0.25) is 4.79 Å². The van der Waals surface area contributed by atoms with Crippen molar-refractivity contribution in [2.75, 3.05) is 25.3 Å². The van der Waals surface area contributed by atoms with Crippen molar-refractivity contribution in [1.29, 1.82) is 0 Å². The number of hydrogen-bond acceptors (Lipinski definition) is 6. The van der Waals surface area contributed by atoms with Gasteiger partial charge in [-0.2, -0.15) is 0 Å². The summed E-state index contributed by atoms with van der Waals surface area (Å²) < 4.78 is 15.1. The van der Waals surface area contributed by atoms with Gasteiger partial charge in [0.2, 0.25) is 0 Å². The van der Waals surface area contributed by atoms with E-state index in [-0.39, 0.29) is 11.3 Å². The lowest BCUT2D eigenvalue weighted by molar-refractivity contribution is 0.102. The third-order valence-electron chi connectivity index (χ3n) is 2.67. The van der Waals surface area contributed by atoms with Crippen LogP contribution in [0.3, 0.4) is 0 Å². The van der Waals surface area contributed by atoms with Crippen molar-refractivity contribution in [1.82, 2.24) is 5.16 Å². The molecule has 0 saturated carbocycles. The van der Waals surface area contributed by atoms with E-state index < -0.39 is 5.91 Å². The van der Waals surface area contributed by atoms with Crippen molar-refractivity contribution < 1.29 is 18.8 Å². The van der Waals surface area contributed by atoms with Crippen molar-refractivity contribution >= 4 is 17.4 Å². The second-order valence-corrected chi connectivity index (χ2v) is 4.07. The number of nitrogens with one attached hydrogen (secondary N) is 1. The molecule has 0 aliphatic rings. The molecule has 1 aromatic carbocycles. The summed E-state index contributed by atoms with van der Waals surface area (Å²) in [6.07, 6.45) is 0. The predicted molar refractivity (Wildman–Crippen MR) is 73.2 cm³/mol. The molecule has 2 rings (SSSR count). The van der Waals surface area contributed by atoms with Crippen molar-refractivity contribution in [2.24, 2.45) is 0 Å². The molecule has 106 valence electrons. The van der Waals surface area contributed by atoms with Crippen LogP contribution in [0.15, 0.2) is 22.7 Å². The molecule has 0 spiro atoms. The Hall–Kier alpha value is -2.70. The molecule has 1 amide bonds. The average Bonchev–Trinajstić information content (AvgIpc) is 2.83. The van der Waals surface area contributed by atoms with Gasteiger partial charge in [0, 0.05) is 17.8 Å². The van der Waals surface area contributed by atoms with Gasteiger partial charge in [0.1, 0.15) is 5.76 Å². The Kier molecular flexibility index (Phi) is 3.79. The van der Waals surface area contributed by atoms with Crippen LogP contribution in [0.2, 0.25) is 0 Å². The fourth-order valence-electron chi connectivity index (χ4n) is 1.70. The number of carbonyl (C=O) groups is 1. The van der Waals surface area contributed by atoms with E-state index in [1.165, 1.54) is 26.4 Å². The van der Waals surface area contributed by atoms with Gasteiger partial charge < -0.3 is 25.0 Å². The first-order valence-corrected chi connectivity index (χ1v) is 5.81. The van der Waals surface area contributed by atoms with E-state index in [1.54, 1.807) is 13.0 Å². The van der Waals surface area contributed by atoms with Crippen molar-refractivity contribution in [3.63, 3.8) is 0 Å². The molecule has 2 aromatic rings. The molecular weight excluding hydrogens is 262 g/mol. The van der Waals surface area contributed by atoms with Crippen LogP contribution < -0.4 is 20.5 Å². The SMILES string of the molecule is COc1cc(N)c(C(=O)Nc2cc(C)on2)cc1OC. The molecule has 0 bridgehead atoms. The summed E-state index contributed by atoms with van der Waals surface area (Å²) in [5.74, 6) is 1.39. The van der Waals surface area contributed by atoms with Gasteiger partial charge >= 0.3 is 0 Å². The Balaban J connectivity index is 2.29. The molecule has 20 heavy (non-hydrogen) atoms. The molecule has 0 saturated heterocycles. The Morgan fingerprint density at radius 3 is 2.45 bits per heavy atom. The van der Waals surface area contributed by atoms with Crippen molar-refractivity contribution in [3.05, 3.63) is 29.5 Å². The number of ether oxygens (including phenoxy) is 2. The van der Waals surface area contributed by atoms with Crippen LogP contribution in [0.1, 0.15) is 16.1 Å². The first kappa shape index (κ1) is 13.7. The van der Waals surface area contributed by atoms with Crippen LogP contribution in [0.5, 0.6) is 11.5 Å². The molecular formula is C13H15N3O4. The Morgan fingerprint density at radius 2 is 1.90 bits per heavy atom. The topological polar surface area (TPSA) is 99.6 Å². The first-order chi connectivity index (χ1) is 9.55. The number of hydrogen-bond donors (Lipinski definition) is 2. The molecule has 0 atom stereocenters. The van der Waals surface area contributed by atoms with Crippen LogP contribution in [0.4, 0.5) is 11.5 Å². The molecule has 1 heterocycles. The lowest BCUT2D eigenvalue weighted by Crippen LogP contribution is -2.14. The molecule has 0 unspecified atom stereocenters. The summed E-state index contributed by atoms with van der Waals surface area (Å²) in [6, 6.07) is 4.65. The van der Waals surface area contributed by atoms with E-state index in [4.69, 9.17) is 19.7 Å². The average molecular weight is 277 g/mol. The van der Waals surface area contributed by atoms with E-state index >= 15 is 0 Å². The predicted octanol–water partition coefficient (Wildman–Crippen LogP) is 1.83. The number of anilines is 2. The molecule has 0 aliphatic carbocycles. The number of aryl methyl sites for hydroxylation is 1. The first-order valence-electron chi connectivity index (χ1n) is 5.81. The standard InChI is InChI=1S/C13H15N3O4/c1-7-4-12(16-20-7)15-13(17)8-5-10(18-2)11(19-3)6-9(8)14/h4-6H,14H2,1-3H3,(H,15,16,17). The third-order valence-corrected chi connectivity index (χ3v) is 2.67. The van der Waals surface area contributed by atoms with Crippen molar-refractivity contribution in [3.8, 4) is 11.5 Å². The molecule has 0 radical (unpaired) electrons. The number of methoxy groups -OCH3 is 2. The fourth-order valence-corrected chi connectivity index (χ4v) is 1.70. The Bertz CT molecular complexity index is 637. The lowest BCUT2D eigenvalue weighted by atomic mass is 10.1. The molecule has 0 aliphatic heterocycles. The maximum atomic E-state index is 12.1. The van der Waals surface area contributed by atoms with E-state index in [1.807, 2.05) is 0 Å². The highest BCUT2D eigenvalue weighted by Gasteiger charge is 2.16. The Labute approximate surface area is 115 Å². The second-order valence-electron chi connectivity index (χ2n) is 4.07. The quantitative estimate of drug-likeness (QED) is 0.827. The Morgan fingerprint density at radius 1 is 1.25 bits per heavy atom. The van der Waals surface area contributed by atoms with E-state index in [2.05, 4.69) is 10.5 Å². The summed E-state index contributed by atoms with van der Waals surface area (Å²) in [7, 11) is 2.98. The number of benzene rings is 1. The zero-order valence-corrected chi connectivity index (χ0v) is 11.4. The van der Waals surface area contributed by atoms with E-state index in [9.17, 15) is 4.79 Å². The number of nitrogens with two attached hydrogens (primary N) is 1. The van der Waals surface area contributed by atoms with E-state index in [0.29, 0.717) is 23.1 Å². The minimum Gasteiger partial charge on any atom is -0.493 e. The molecule has 1 aromatic heterocycles. The molecule has 0 fully saturated rings. The number of carbonyl (C=O) groups excluding carboxylic acids is 1. The maximum absolute atomic E-state index is 12.1. The molecule has 3 N–H and O–H groups in total. The van der Waals surface area contributed by atoms with Gasteiger partial charge in [-0.15, -0.1) is 0 Å². The van der Waals surface area contributed by atoms with Crippen LogP contribution in [-0.4, -0.2) is 25.3 Å². The lowest BCUT2D eigenvalue weighted by Gasteiger charge is -2.11. The van der Waals surface area contributed by atoms with Gasteiger partial charge in [-0.05, 0) is 13.0 Å². The number of rotatable bonds is 4. The summed E-state index contributed by atoms with van der Waals surface area (Å²) >= 11 is 0. The number of nitrogen functional groups attached to an aromatic ring is 1. The van der Waals surface area contributed by atoms with Crippen LogP contribution in [0, 0.1) is 6.92 Å². The highest BCUT2D eigenvalue weighted by molar-refractivity contribution is 6.07. The normalized spacial score (nSPS) is 10.2. The fraction of sp³-hybridized carbons (Fsp3) is 0.231. The molecule has 7 nitrogen and oxygen atoms in total. The van der Waals surface area contributed by atoms with Crippen molar-refractivity contribution in [2.45, 2.75) is 6.92 Å². The van der Waals surface area contributed by atoms with E-state index in [0.717, 1.165) is 0 Å². The van der Waals surface area contributed by atoms with Gasteiger partial charge in [0.05, 0.1) is 19.8 Å². The number of amides is 1. The zero-order chi connectivity index (χ0) is 14.7. The second kappa shape index (κ2) is 5.52. The highest BCUT2D eigenvalue weighted by Crippen LogP contribution is 2.32. The summed E-state index contributed by atoms with van der Waals surface area (Å²) in [4.78, 5) is 12.1.